The standard InChI is InChI=1S/C14H21NO3/c16-13(9-15-12-5-2-1-3-6-12)10-17-11-14-7-4-8-18-14/h1-3,5-6,13-16H,4,7-11H2. The van der Waals surface area contributed by atoms with Crippen molar-refractivity contribution in [2.24, 2.45) is 0 Å². The first kappa shape index (κ1) is 13.3. The molecule has 1 aliphatic rings. The lowest BCUT2D eigenvalue weighted by Crippen LogP contribution is -2.27. The van der Waals surface area contributed by atoms with Crippen LogP contribution in [-0.4, -0.2) is 43.7 Å². The number of aliphatic hydroxyl groups excluding tert-OH is 1. The van der Waals surface area contributed by atoms with E-state index in [1.54, 1.807) is 0 Å². The average Bonchev–Trinajstić information content (AvgIpc) is 2.91. The summed E-state index contributed by atoms with van der Waals surface area (Å²) in [5.74, 6) is 0. The van der Waals surface area contributed by atoms with Gasteiger partial charge in [-0.3, -0.25) is 0 Å². The number of nitrogens with one attached hydrogen (secondary N) is 1. The SMILES string of the molecule is OC(CNc1ccccc1)COCC1CCCO1. The fourth-order valence-electron chi connectivity index (χ4n) is 1.96. The van der Waals surface area contributed by atoms with Crippen LogP contribution >= 0.6 is 0 Å². The summed E-state index contributed by atoms with van der Waals surface area (Å²) >= 11 is 0. The van der Waals surface area contributed by atoms with E-state index in [1.165, 1.54) is 0 Å². The number of para-hydroxylation sites is 1. The Morgan fingerprint density at radius 3 is 2.94 bits per heavy atom. The molecule has 2 atom stereocenters. The van der Waals surface area contributed by atoms with Gasteiger partial charge in [-0.05, 0) is 25.0 Å². The van der Waals surface area contributed by atoms with Gasteiger partial charge in [0.05, 0.1) is 25.4 Å². The Morgan fingerprint density at radius 2 is 2.22 bits per heavy atom. The van der Waals surface area contributed by atoms with Crippen LogP contribution in [0.15, 0.2) is 30.3 Å². The second-order valence-corrected chi connectivity index (χ2v) is 4.57. The maximum Gasteiger partial charge on any atom is 0.0945 e. The van der Waals surface area contributed by atoms with Crippen molar-refractivity contribution in [1.82, 2.24) is 0 Å². The number of rotatable bonds is 7. The van der Waals surface area contributed by atoms with Gasteiger partial charge in [0.25, 0.3) is 0 Å². The second kappa shape index (κ2) is 7.36. The molecular formula is C14H21NO3. The van der Waals surface area contributed by atoms with Crippen LogP contribution < -0.4 is 5.32 Å². The molecule has 0 spiro atoms. The van der Waals surface area contributed by atoms with E-state index in [2.05, 4.69) is 5.32 Å². The van der Waals surface area contributed by atoms with Crippen LogP contribution in [0.25, 0.3) is 0 Å². The zero-order valence-corrected chi connectivity index (χ0v) is 10.5. The molecular weight excluding hydrogens is 230 g/mol. The molecule has 18 heavy (non-hydrogen) atoms. The van der Waals surface area contributed by atoms with Crippen molar-refractivity contribution in [2.75, 3.05) is 31.7 Å². The van der Waals surface area contributed by atoms with Gasteiger partial charge in [0, 0.05) is 18.8 Å². The molecule has 2 rings (SSSR count). The van der Waals surface area contributed by atoms with E-state index >= 15 is 0 Å². The minimum absolute atomic E-state index is 0.222. The van der Waals surface area contributed by atoms with Crippen LogP contribution in [0, 0.1) is 0 Å². The Hall–Kier alpha value is -1.10. The quantitative estimate of drug-likeness (QED) is 0.773. The molecule has 4 nitrogen and oxygen atoms in total. The van der Waals surface area contributed by atoms with Crippen molar-refractivity contribution < 1.29 is 14.6 Å². The summed E-state index contributed by atoms with van der Waals surface area (Å²) in [4.78, 5) is 0. The molecule has 1 fully saturated rings. The van der Waals surface area contributed by atoms with Crippen molar-refractivity contribution in [3.63, 3.8) is 0 Å². The van der Waals surface area contributed by atoms with E-state index in [0.717, 1.165) is 25.1 Å². The Labute approximate surface area is 108 Å². The highest BCUT2D eigenvalue weighted by Crippen LogP contribution is 2.12. The summed E-state index contributed by atoms with van der Waals surface area (Å²) in [6, 6.07) is 9.83. The van der Waals surface area contributed by atoms with Gasteiger partial charge in [-0.2, -0.15) is 0 Å². The van der Waals surface area contributed by atoms with Gasteiger partial charge >= 0.3 is 0 Å². The summed E-state index contributed by atoms with van der Waals surface area (Å²) in [5, 5.41) is 12.9. The maximum atomic E-state index is 9.76. The molecule has 0 aliphatic carbocycles. The average molecular weight is 251 g/mol. The molecule has 0 amide bonds. The third-order valence-electron chi connectivity index (χ3n) is 2.95. The van der Waals surface area contributed by atoms with Gasteiger partial charge < -0.3 is 19.9 Å². The largest absolute Gasteiger partial charge is 0.389 e. The molecule has 4 heteroatoms. The Balaban J connectivity index is 1.56. The number of anilines is 1. The van der Waals surface area contributed by atoms with Gasteiger partial charge in [-0.15, -0.1) is 0 Å². The van der Waals surface area contributed by atoms with Crippen molar-refractivity contribution in [1.29, 1.82) is 0 Å². The van der Waals surface area contributed by atoms with Crippen LogP contribution in [-0.2, 0) is 9.47 Å². The smallest absolute Gasteiger partial charge is 0.0945 e. The van der Waals surface area contributed by atoms with Gasteiger partial charge in [0.2, 0.25) is 0 Å². The molecule has 0 bridgehead atoms. The summed E-state index contributed by atoms with van der Waals surface area (Å²) in [6.07, 6.45) is 1.91. The van der Waals surface area contributed by atoms with Crippen LogP contribution in [0.1, 0.15) is 12.8 Å². The number of hydrogen-bond donors (Lipinski definition) is 2. The molecule has 2 unspecified atom stereocenters. The van der Waals surface area contributed by atoms with Crippen LogP contribution in [0.5, 0.6) is 0 Å². The minimum Gasteiger partial charge on any atom is -0.389 e. The van der Waals surface area contributed by atoms with E-state index in [-0.39, 0.29) is 6.10 Å². The van der Waals surface area contributed by atoms with Crippen molar-refractivity contribution in [2.45, 2.75) is 25.0 Å². The molecule has 2 N–H and O–H groups in total. The summed E-state index contributed by atoms with van der Waals surface area (Å²) in [5.41, 5.74) is 1.01. The van der Waals surface area contributed by atoms with Crippen molar-refractivity contribution in [3.05, 3.63) is 30.3 Å². The van der Waals surface area contributed by atoms with Crippen LogP contribution in [0.3, 0.4) is 0 Å². The number of aliphatic hydroxyl groups is 1. The molecule has 1 aromatic rings. The van der Waals surface area contributed by atoms with Gasteiger partial charge in [0.15, 0.2) is 0 Å². The first-order valence-electron chi connectivity index (χ1n) is 6.51. The maximum absolute atomic E-state index is 9.76. The predicted octanol–water partition coefficient (Wildman–Crippen LogP) is 1.66. The summed E-state index contributed by atoms with van der Waals surface area (Å²) < 4.78 is 10.9. The first-order valence-corrected chi connectivity index (χ1v) is 6.51. The highest BCUT2D eigenvalue weighted by molar-refractivity contribution is 5.42. The van der Waals surface area contributed by atoms with E-state index in [0.29, 0.717) is 19.8 Å². The molecule has 1 aromatic carbocycles. The molecule has 1 aliphatic heterocycles. The molecule has 1 heterocycles. The van der Waals surface area contributed by atoms with Crippen LogP contribution in [0.4, 0.5) is 5.69 Å². The molecule has 1 saturated heterocycles. The molecule has 0 saturated carbocycles. The third-order valence-corrected chi connectivity index (χ3v) is 2.95. The Kier molecular flexibility index (Phi) is 5.45. The lowest BCUT2D eigenvalue weighted by atomic mass is 10.2. The van der Waals surface area contributed by atoms with Crippen molar-refractivity contribution >= 4 is 5.69 Å². The highest BCUT2D eigenvalue weighted by atomic mass is 16.5. The Bertz CT molecular complexity index is 325. The summed E-state index contributed by atoms with van der Waals surface area (Å²) in [6.45, 7) is 2.27. The fraction of sp³-hybridized carbons (Fsp3) is 0.571. The van der Waals surface area contributed by atoms with Gasteiger partial charge in [-0.25, -0.2) is 0 Å². The monoisotopic (exact) mass is 251 g/mol. The van der Waals surface area contributed by atoms with E-state index in [1.807, 2.05) is 30.3 Å². The molecule has 0 aromatic heterocycles. The number of benzene rings is 1. The predicted molar refractivity (Wildman–Crippen MR) is 70.7 cm³/mol. The minimum atomic E-state index is -0.494. The Morgan fingerprint density at radius 1 is 1.39 bits per heavy atom. The normalized spacial score (nSPS) is 20.8. The molecule has 0 radical (unpaired) electrons. The zero-order chi connectivity index (χ0) is 12.6. The van der Waals surface area contributed by atoms with Gasteiger partial charge in [-0.1, -0.05) is 18.2 Å². The van der Waals surface area contributed by atoms with E-state index in [9.17, 15) is 5.11 Å². The zero-order valence-electron chi connectivity index (χ0n) is 10.5. The molecule has 100 valence electrons. The van der Waals surface area contributed by atoms with E-state index < -0.39 is 6.10 Å². The highest BCUT2D eigenvalue weighted by Gasteiger charge is 2.15. The van der Waals surface area contributed by atoms with Crippen molar-refractivity contribution in [3.8, 4) is 0 Å². The van der Waals surface area contributed by atoms with Crippen LogP contribution in [0.2, 0.25) is 0 Å². The number of ether oxygens (including phenoxy) is 2. The van der Waals surface area contributed by atoms with Gasteiger partial charge in [0.1, 0.15) is 0 Å². The summed E-state index contributed by atoms with van der Waals surface area (Å²) in [7, 11) is 0. The topological polar surface area (TPSA) is 50.7 Å². The first-order chi connectivity index (χ1) is 8.84. The fourth-order valence-corrected chi connectivity index (χ4v) is 1.96. The lowest BCUT2D eigenvalue weighted by Gasteiger charge is -2.15. The lowest BCUT2D eigenvalue weighted by molar-refractivity contribution is -0.0137. The number of hydrogen-bond acceptors (Lipinski definition) is 4. The second-order valence-electron chi connectivity index (χ2n) is 4.57. The third kappa shape index (κ3) is 4.64. The van der Waals surface area contributed by atoms with E-state index in [4.69, 9.17) is 9.47 Å².